The third-order valence-electron chi connectivity index (χ3n) is 4.92. The number of amides is 2. The first-order chi connectivity index (χ1) is 12.6. The molecule has 1 N–H and O–H groups in total. The van der Waals surface area contributed by atoms with Crippen LogP contribution in [0.5, 0.6) is 0 Å². The zero-order valence-corrected chi connectivity index (χ0v) is 15.4. The van der Waals surface area contributed by atoms with E-state index in [0.717, 1.165) is 18.4 Å². The van der Waals surface area contributed by atoms with Crippen molar-refractivity contribution in [3.8, 4) is 0 Å². The maximum absolute atomic E-state index is 12.7. The van der Waals surface area contributed by atoms with Crippen LogP contribution < -0.4 is 5.32 Å². The molecule has 1 atom stereocenters. The van der Waals surface area contributed by atoms with Crippen molar-refractivity contribution in [1.29, 1.82) is 0 Å². The minimum absolute atomic E-state index is 0.0231. The number of hydrogen-bond acceptors (Lipinski definition) is 5. The van der Waals surface area contributed by atoms with Gasteiger partial charge in [0.05, 0.1) is 12.3 Å². The summed E-state index contributed by atoms with van der Waals surface area (Å²) >= 11 is 0. The highest BCUT2D eigenvalue weighted by Gasteiger charge is 2.31. The average molecular weight is 358 g/mol. The molecule has 2 fully saturated rings. The minimum atomic E-state index is -0.146. The SMILES string of the molecule is CO/N=C/c1ccc(C(=O)N2CCN(C(C)C(=O)NC3CC3)CC2)cc1. The highest BCUT2D eigenvalue weighted by molar-refractivity contribution is 5.95. The quantitative estimate of drug-likeness (QED) is 0.610. The summed E-state index contributed by atoms with van der Waals surface area (Å²) < 4.78 is 0. The van der Waals surface area contributed by atoms with Crippen LogP contribution in [0.3, 0.4) is 0 Å². The summed E-state index contributed by atoms with van der Waals surface area (Å²) in [5, 5.41) is 6.76. The lowest BCUT2D eigenvalue weighted by atomic mass is 10.1. The average Bonchev–Trinajstić information content (AvgIpc) is 3.49. The maximum atomic E-state index is 12.7. The monoisotopic (exact) mass is 358 g/mol. The number of rotatable bonds is 6. The van der Waals surface area contributed by atoms with Crippen molar-refractivity contribution in [3.63, 3.8) is 0 Å². The Morgan fingerprint density at radius 3 is 2.42 bits per heavy atom. The van der Waals surface area contributed by atoms with Crippen LogP contribution in [0.2, 0.25) is 0 Å². The topological polar surface area (TPSA) is 74.2 Å². The van der Waals surface area contributed by atoms with E-state index >= 15 is 0 Å². The highest BCUT2D eigenvalue weighted by atomic mass is 16.6. The lowest BCUT2D eigenvalue weighted by Crippen LogP contribution is -2.55. The molecule has 26 heavy (non-hydrogen) atoms. The molecule has 1 heterocycles. The van der Waals surface area contributed by atoms with Crippen LogP contribution in [0.1, 0.15) is 35.7 Å². The number of carbonyl (C=O) groups excluding carboxylic acids is 2. The molecule has 0 radical (unpaired) electrons. The Morgan fingerprint density at radius 2 is 1.85 bits per heavy atom. The molecular formula is C19H26N4O3. The molecule has 7 heteroatoms. The van der Waals surface area contributed by atoms with Gasteiger partial charge in [0.2, 0.25) is 5.91 Å². The van der Waals surface area contributed by atoms with Crippen LogP contribution >= 0.6 is 0 Å². The lowest BCUT2D eigenvalue weighted by molar-refractivity contribution is -0.126. The molecule has 2 aliphatic rings. The van der Waals surface area contributed by atoms with E-state index in [0.29, 0.717) is 37.8 Å². The second-order valence-corrected chi connectivity index (χ2v) is 6.83. The van der Waals surface area contributed by atoms with E-state index in [1.807, 2.05) is 24.0 Å². The van der Waals surface area contributed by atoms with Gasteiger partial charge in [-0.05, 0) is 37.5 Å². The zero-order valence-electron chi connectivity index (χ0n) is 15.4. The van der Waals surface area contributed by atoms with Crippen LogP contribution in [0, 0.1) is 0 Å². The maximum Gasteiger partial charge on any atom is 0.253 e. The number of oxime groups is 1. The predicted molar refractivity (Wildman–Crippen MR) is 99.1 cm³/mol. The Labute approximate surface area is 154 Å². The Hall–Kier alpha value is -2.41. The van der Waals surface area contributed by atoms with E-state index in [4.69, 9.17) is 0 Å². The largest absolute Gasteiger partial charge is 0.399 e. The number of nitrogens with zero attached hydrogens (tertiary/aromatic N) is 3. The van der Waals surface area contributed by atoms with E-state index < -0.39 is 0 Å². The van der Waals surface area contributed by atoms with Crippen molar-refractivity contribution in [2.45, 2.75) is 31.8 Å². The fourth-order valence-corrected chi connectivity index (χ4v) is 3.04. The number of piperazine rings is 1. The van der Waals surface area contributed by atoms with Crippen LogP contribution in [0.15, 0.2) is 29.4 Å². The number of hydrogen-bond donors (Lipinski definition) is 1. The molecule has 1 aliphatic heterocycles. The van der Waals surface area contributed by atoms with Gasteiger partial charge in [-0.3, -0.25) is 14.5 Å². The Balaban J connectivity index is 1.51. The van der Waals surface area contributed by atoms with Gasteiger partial charge in [0.1, 0.15) is 7.11 Å². The first kappa shape index (κ1) is 18.4. The van der Waals surface area contributed by atoms with Gasteiger partial charge >= 0.3 is 0 Å². The van der Waals surface area contributed by atoms with E-state index in [2.05, 4.69) is 20.2 Å². The van der Waals surface area contributed by atoms with E-state index in [9.17, 15) is 9.59 Å². The fraction of sp³-hybridized carbons (Fsp3) is 0.526. The zero-order chi connectivity index (χ0) is 18.5. The molecule has 1 saturated carbocycles. The van der Waals surface area contributed by atoms with Crippen LogP contribution in [0.25, 0.3) is 0 Å². The lowest BCUT2D eigenvalue weighted by Gasteiger charge is -2.37. The summed E-state index contributed by atoms with van der Waals surface area (Å²) in [7, 11) is 1.49. The molecule has 1 aromatic rings. The van der Waals surface area contributed by atoms with Crippen molar-refractivity contribution in [2.75, 3.05) is 33.3 Å². The van der Waals surface area contributed by atoms with Gasteiger partial charge in [-0.15, -0.1) is 0 Å². The van der Waals surface area contributed by atoms with E-state index in [1.165, 1.54) is 7.11 Å². The van der Waals surface area contributed by atoms with Crippen molar-refractivity contribution in [2.24, 2.45) is 5.16 Å². The molecule has 7 nitrogen and oxygen atoms in total. The molecule has 140 valence electrons. The van der Waals surface area contributed by atoms with Crippen molar-refractivity contribution >= 4 is 18.0 Å². The molecule has 2 amide bonds. The molecule has 1 aromatic carbocycles. The molecular weight excluding hydrogens is 332 g/mol. The van der Waals surface area contributed by atoms with Crippen LogP contribution in [0.4, 0.5) is 0 Å². The minimum Gasteiger partial charge on any atom is -0.399 e. The van der Waals surface area contributed by atoms with Gasteiger partial charge in [0, 0.05) is 37.8 Å². The summed E-state index contributed by atoms with van der Waals surface area (Å²) in [5.74, 6) is 0.121. The fourth-order valence-electron chi connectivity index (χ4n) is 3.04. The number of benzene rings is 1. The summed E-state index contributed by atoms with van der Waals surface area (Å²) in [6.07, 6.45) is 3.79. The van der Waals surface area contributed by atoms with Gasteiger partial charge in [0.15, 0.2) is 0 Å². The molecule has 0 aromatic heterocycles. The molecule has 0 spiro atoms. The van der Waals surface area contributed by atoms with E-state index in [-0.39, 0.29) is 17.9 Å². The van der Waals surface area contributed by atoms with Crippen molar-refractivity contribution < 1.29 is 14.4 Å². The Kier molecular flexibility index (Phi) is 5.88. The molecule has 1 aliphatic carbocycles. The highest BCUT2D eigenvalue weighted by Crippen LogP contribution is 2.19. The predicted octanol–water partition coefficient (Wildman–Crippen LogP) is 1.09. The van der Waals surface area contributed by atoms with Crippen molar-refractivity contribution in [3.05, 3.63) is 35.4 Å². The summed E-state index contributed by atoms with van der Waals surface area (Å²) in [6, 6.07) is 7.53. The molecule has 1 saturated heterocycles. The normalized spacial score (nSPS) is 19.4. The summed E-state index contributed by atoms with van der Waals surface area (Å²) in [5.41, 5.74) is 1.54. The Morgan fingerprint density at radius 1 is 1.19 bits per heavy atom. The number of nitrogens with one attached hydrogen (secondary N) is 1. The molecule has 1 unspecified atom stereocenters. The van der Waals surface area contributed by atoms with Gasteiger partial charge in [-0.2, -0.15) is 0 Å². The van der Waals surface area contributed by atoms with Gasteiger partial charge < -0.3 is 15.1 Å². The molecule has 3 rings (SSSR count). The van der Waals surface area contributed by atoms with E-state index in [1.54, 1.807) is 18.3 Å². The first-order valence-corrected chi connectivity index (χ1v) is 9.09. The summed E-state index contributed by atoms with van der Waals surface area (Å²) in [6.45, 7) is 4.63. The Bertz CT molecular complexity index is 662. The number of carbonyl (C=O) groups is 2. The van der Waals surface area contributed by atoms with Gasteiger partial charge in [-0.25, -0.2) is 0 Å². The summed E-state index contributed by atoms with van der Waals surface area (Å²) in [4.78, 5) is 33.5. The first-order valence-electron chi connectivity index (χ1n) is 9.09. The third-order valence-corrected chi connectivity index (χ3v) is 4.92. The third kappa shape index (κ3) is 4.60. The van der Waals surface area contributed by atoms with Gasteiger partial charge in [-0.1, -0.05) is 17.3 Å². The van der Waals surface area contributed by atoms with Gasteiger partial charge in [0.25, 0.3) is 5.91 Å². The standard InChI is InChI=1S/C19H26N4O3/c1-14(18(24)21-17-7-8-17)22-9-11-23(12-10-22)19(25)16-5-3-15(4-6-16)13-20-26-2/h3-6,13-14,17H,7-12H2,1-2H3,(H,21,24)/b20-13+. The van der Waals surface area contributed by atoms with Crippen LogP contribution in [-0.4, -0.2) is 73.2 Å². The molecule has 0 bridgehead atoms. The van der Waals surface area contributed by atoms with Crippen molar-refractivity contribution in [1.82, 2.24) is 15.1 Å². The second-order valence-electron chi connectivity index (χ2n) is 6.83. The second kappa shape index (κ2) is 8.31. The van der Waals surface area contributed by atoms with Crippen LogP contribution in [-0.2, 0) is 9.63 Å². The smallest absolute Gasteiger partial charge is 0.253 e.